The number of carbonyl (C=O) groups excluding carboxylic acids is 2. The molecular weight excluding hydrogens is 370 g/mol. The Morgan fingerprint density at radius 3 is 2.62 bits per heavy atom. The normalized spacial score (nSPS) is 16.0. The smallest absolute Gasteiger partial charge is 0.285 e. The second-order valence-corrected chi connectivity index (χ2v) is 8.03. The van der Waals surface area contributed by atoms with Crippen molar-refractivity contribution < 1.29 is 14.3 Å². The Kier molecular flexibility index (Phi) is 10.0. The molecule has 29 heavy (non-hydrogen) atoms. The van der Waals surface area contributed by atoms with Crippen LogP contribution >= 0.6 is 0 Å². The zero-order valence-corrected chi connectivity index (χ0v) is 17.9. The fourth-order valence-electron chi connectivity index (χ4n) is 3.71. The molecule has 2 rings (SSSR count). The van der Waals surface area contributed by atoms with Gasteiger partial charge in [-0.15, -0.1) is 0 Å². The molecule has 2 N–H and O–H groups in total. The molecule has 1 atom stereocenters. The largest absolute Gasteiger partial charge is 0.383 e. The molecule has 1 fully saturated rings. The number of ether oxygens (including phenoxy) is 1. The van der Waals surface area contributed by atoms with Crippen LogP contribution in [0.4, 0.5) is 0 Å². The molecule has 0 aromatic carbocycles. The number of nitrogens with one attached hydrogen (secondary N) is 2. The van der Waals surface area contributed by atoms with Crippen molar-refractivity contribution in [2.75, 3.05) is 26.8 Å². The van der Waals surface area contributed by atoms with Crippen molar-refractivity contribution in [3.63, 3.8) is 0 Å². The van der Waals surface area contributed by atoms with E-state index in [9.17, 15) is 9.59 Å². The number of rotatable bonds is 11. The summed E-state index contributed by atoms with van der Waals surface area (Å²) in [7, 11) is 1.61. The van der Waals surface area contributed by atoms with E-state index in [2.05, 4.69) is 34.6 Å². The lowest BCUT2D eigenvalue weighted by molar-refractivity contribution is -0.130. The van der Waals surface area contributed by atoms with Gasteiger partial charge in [-0.05, 0) is 31.1 Å². The summed E-state index contributed by atoms with van der Waals surface area (Å²) in [4.78, 5) is 34.0. The SMILES string of the molecule is COCCNC(=O)[C@@H](C1CCCCC1)N(CCC(C)C)NC(=O)c1cnccn1. The van der Waals surface area contributed by atoms with Crippen LogP contribution in [-0.4, -0.2) is 59.6 Å². The lowest BCUT2D eigenvalue weighted by atomic mass is 9.83. The highest BCUT2D eigenvalue weighted by Gasteiger charge is 2.35. The molecule has 8 nitrogen and oxygen atoms in total. The Morgan fingerprint density at radius 1 is 1.24 bits per heavy atom. The lowest BCUT2D eigenvalue weighted by Gasteiger charge is -2.38. The van der Waals surface area contributed by atoms with Gasteiger partial charge in [0.25, 0.3) is 5.91 Å². The molecule has 2 amide bonds. The van der Waals surface area contributed by atoms with E-state index in [0.29, 0.717) is 25.6 Å². The molecule has 162 valence electrons. The van der Waals surface area contributed by atoms with Crippen molar-refractivity contribution in [1.29, 1.82) is 0 Å². The first-order chi connectivity index (χ1) is 14.0. The van der Waals surface area contributed by atoms with E-state index in [-0.39, 0.29) is 23.4 Å². The van der Waals surface area contributed by atoms with Gasteiger partial charge >= 0.3 is 0 Å². The van der Waals surface area contributed by atoms with Crippen LogP contribution in [0.15, 0.2) is 18.6 Å². The van der Waals surface area contributed by atoms with E-state index in [4.69, 9.17) is 4.74 Å². The van der Waals surface area contributed by atoms with Crippen LogP contribution in [0.1, 0.15) is 62.9 Å². The van der Waals surface area contributed by atoms with Crippen molar-refractivity contribution >= 4 is 11.8 Å². The van der Waals surface area contributed by atoms with E-state index in [1.165, 1.54) is 25.0 Å². The molecule has 1 aliphatic rings. The van der Waals surface area contributed by atoms with Crippen LogP contribution in [0.2, 0.25) is 0 Å². The molecule has 0 bridgehead atoms. The minimum atomic E-state index is -0.411. The Hall–Kier alpha value is -2.06. The molecule has 0 aliphatic heterocycles. The molecule has 1 heterocycles. The van der Waals surface area contributed by atoms with E-state index in [1.54, 1.807) is 7.11 Å². The van der Waals surface area contributed by atoms with E-state index < -0.39 is 6.04 Å². The monoisotopic (exact) mass is 405 g/mol. The number of methoxy groups -OCH3 is 1. The zero-order chi connectivity index (χ0) is 21.1. The fourth-order valence-corrected chi connectivity index (χ4v) is 3.71. The maximum atomic E-state index is 13.1. The number of hydrogen-bond donors (Lipinski definition) is 2. The van der Waals surface area contributed by atoms with Gasteiger partial charge in [0.2, 0.25) is 5.91 Å². The van der Waals surface area contributed by atoms with Gasteiger partial charge in [-0.1, -0.05) is 33.1 Å². The molecule has 1 aromatic rings. The summed E-state index contributed by atoms with van der Waals surface area (Å²) in [5.74, 6) is 0.264. The second kappa shape index (κ2) is 12.5. The number of carbonyl (C=O) groups is 2. The van der Waals surface area contributed by atoms with Gasteiger partial charge in [-0.2, -0.15) is 0 Å². The Labute approximate surface area is 173 Å². The number of hydrazine groups is 1. The van der Waals surface area contributed by atoms with Crippen molar-refractivity contribution in [3.05, 3.63) is 24.3 Å². The van der Waals surface area contributed by atoms with Crippen LogP contribution in [0.5, 0.6) is 0 Å². The minimum absolute atomic E-state index is 0.0582. The number of aromatic nitrogens is 2. The summed E-state index contributed by atoms with van der Waals surface area (Å²) in [5.41, 5.74) is 3.20. The Morgan fingerprint density at radius 2 is 2.00 bits per heavy atom. The van der Waals surface area contributed by atoms with Gasteiger partial charge in [0, 0.05) is 32.6 Å². The minimum Gasteiger partial charge on any atom is -0.383 e. The topological polar surface area (TPSA) is 96.5 Å². The molecule has 0 unspecified atom stereocenters. The van der Waals surface area contributed by atoms with Crippen LogP contribution in [-0.2, 0) is 9.53 Å². The zero-order valence-electron chi connectivity index (χ0n) is 17.9. The predicted molar refractivity (Wildman–Crippen MR) is 111 cm³/mol. The lowest BCUT2D eigenvalue weighted by Crippen LogP contribution is -2.58. The molecule has 0 spiro atoms. The molecule has 1 aliphatic carbocycles. The number of amides is 2. The quantitative estimate of drug-likeness (QED) is 0.433. The van der Waals surface area contributed by atoms with Crippen LogP contribution in [0, 0.1) is 11.8 Å². The summed E-state index contributed by atoms with van der Waals surface area (Å²) in [5, 5.41) is 4.81. The summed E-state index contributed by atoms with van der Waals surface area (Å²) in [6, 6.07) is -0.411. The maximum Gasteiger partial charge on any atom is 0.285 e. The summed E-state index contributed by atoms with van der Waals surface area (Å²) < 4.78 is 5.07. The van der Waals surface area contributed by atoms with Gasteiger partial charge in [0.15, 0.2) is 0 Å². The molecule has 0 saturated heterocycles. The first-order valence-corrected chi connectivity index (χ1v) is 10.6. The van der Waals surface area contributed by atoms with E-state index in [1.807, 2.05) is 5.01 Å². The maximum absolute atomic E-state index is 13.1. The van der Waals surface area contributed by atoms with E-state index in [0.717, 1.165) is 32.1 Å². The van der Waals surface area contributed by atoms with Gasteiger partial charge in [-0.3, -0.25) is 20.0 Å². The third-order valence-electron chi connectivity index (χ3n) is 5.29. The first kappa shape index (κ1) is 23.2. The average molecular weight is 406 g/mol. The predicted octanol–water partition coefficient (Wildman–Crippen LogP) is 2.18. The number of hydrogen-bond acceptors (Lipinski definition) is 6. The van der Waals surface area contributed by atoms with Crippen LogP contribution in [0.3, 0.4) is 0 Å². The van der Waals surface area contributed by atoms with Crippen molar-refractivity contribution in [2.45, 2.75) is 58.4 Å². The van der Waals surface area contributed by atoms with Gasteiger partial charge in [0.05, 0.1) is 12.8 Å². The van der Waals surface area contributed by atoms with Crippen molar-refractivity contribution in [3.8, 4) is 0 Å². The summed E-state index contributed by atoms with van der Waals surface area (Å²) in [6.45, 7) is 5.78. The summed E-state index contributed by atoms with van der Waals surface area (Å²) in [6.07, 6.45) is 10.7. The third-order valence-corrected chi connectivity index (χ3v) is 5.29. The van der Waals surface area contributed by atoms with Crippen LogP contribution in [0.25, 0.3) is 0 Å². The molecular formula is C21H35N5O3. The van der Waals surface area contributed by atoms with Gasteiger partial charge < -0.3 is 10.1 Å². The van der Waals surface area contributed by atoms with Gasteiger partial charge in [-0.25, -0.2) is 9.99 Å². The van der Waals surface area contributed by atoms with Crippen molar-refractivity contribution in [1.82, 2.24) is 25.7 Å². The Balaban J connectivity index is 2.20. The fraction of sp³-hybridized carbons (Fsp3) is 0.714. The number of nitrogens with zero attached hydrogens (tertiary/aromatic N) is 3. The molecule has 1 saturated carbocycles. The second-order valence-electron chi connectivity index (χ2n) is 8.03. The Bertz CT molecular complexity index is 620. The van der Waals surface area contributed by atoms with Crippen LogP contribution < -0.4 is 10.7 Å². The summed E-state index contributed by atoms with van der Waals surface area (Å²) >= 11 is 0. The highest BCUT2D eigenvalue weighted by atomic mass is 16.5. The van der Waals surface area contributed by atoms with Crippen molar-refractivity contribution in [2.24, 2.45) is 11.8 Å². The first-order valence-electron chi connectivity index (χ1n) is 10.6. The van der Waals surface area contributed by atoms with Gasteiger partial charge in [0.1, 0.15) is 11.7 Å². The molecule has 1 aromatic heterocycles. The average Bonchev–Trinajstić information content (AvgIpc) is 2.73. The molecule has 0 radical (unpaired) electrons. The van der Waals surface area contributed by atoms with E-state index >= 15 is 0 Å². The highest BCUT2D eigenvalue weighted by molar-refractivity contribution is 5.92. The molecule has 8 heteroatoms. The highest BCUT2D eigenvalue weighted by Crippen LogP contribution is 2.29. The standard InChI is InChI=1S/C21H35N5O3/c1-16(2)9-13-26(25-20(27)18-15-22-10-11-23-18)19(17-7-5-4-6-8-17)21(28)24-12-14-29-3/h10-11,15-17,19H,4-9,12-14H2,1-3H3,(H,24,28)(H,25,27)/t19-/m1/s1. The third kappa shape index (κ3) is 7.70.